The molecule has 0 saturated carbocycles. The van der Waals surface area contributed by atoms with E-state index in [2.05, 4.69) is 104 Å². The van der Waals surface area contributed by atoms with Gasteiger partial charge in [-0.1, -0.05) is 227 Å². The predicted molar refractivity (Wildman–Crippen MR) is 346 cm³/mol. The number of carbonyl (C=O) groups is 1. The summed E-state index contributed by atoms with van der Waals surface area (Å²) in [5.41, 5.74) is 0. The molecule has 19 heteroatoms. The fourth-order valence-corrected chi connectivity index (χ4v) is 11.2. The molecule has 0 bridgehead atoms. The van der Waals surface area contributed by atoms with E-state index in [4.69, 9.17) is 28.4 Å². The Bertz CT molecular complexity index is 1940. The number of rotatable bonds is 51. The summed E-state index contributed by atoms with van der Waals surface area (Å²) in [6, 6.07) is -0.890. The predicted octanol–water partition coefficient (Wildman–Crippen LogP) is 8.71. The van der Waals surface area contributed by atoms with E-state index in [1.807, 2.05) is 0 Å². The van der Waals surface area contributed by atoms with Crippen molar-refractivity contribution < 1.29 is 89.4 Å². The van der Waals surface area contributed by atoms with Crippen LogP contribution in [0.3, 0.4) is 0 Å². The van der Waals surface area contributed by atoms with E-state index in [9.17, 15) is 61.0 Å². The van der Waals surface area contributed by atoms with Crippen LogP contribution in [0, 0.1) is 0 Å². The number of aliphatic hydroxyl groups is 11. The fraction of sp³-hybridized carbons (Fsp3) is 0.786. The Morgan fingerprint density at radius 2 is 0.775 bits per heavy atom. The molecular formula is C70H121NO18. The number of hydrogen-bond acceptors (Lipinski definition) is 18. The summed E-state index contributed by atoms with van der Waals surface area (Å²) < 4.78 is 34.3. The first-order chi connectivity index (χ1) is 43.3. The zero-order valence-corrected chi connectivity index (χ0v) is 54.1. The van der Waals surface area contributed by atoms with Crippen LogP contribution in [0.1, 0.15) is 219 Å². The Balaban J connectivity index is 1.32. The van der Waals surface area contributed by atoms with Crippen molar-refractivity contribution in [1.82, 2.24) is 5.32 Å². The van der Waals surface area contributed by atoms with Crippen LogP contribution in [0.15, 0.2) is 85.1 Å². The summed E-state index contributed by atoms with van der Waals surface area (Å²) in [7, 11) is 0. The second kappa shape index (κ2) is 51.4. The van der Waals surface area contributed by atoms with E-state index < -0.39 is 124 Å². The van der Waals surface area contributed by atoms with Gasteiger partial charge in [-0.15, -0.1) is 0 Å². The van der Waals surface area contributed by atoms with Gasteiger partial charge in [0, 0.05) is 6.42 Å². The highest BCUT2D eigenvalue weighted by molar-refractivity contribution is 5.76. The van der Waals surface area contributed by atoms with Gasteiger partial charge in [0.05, 0.1) is 38.6 Å². The monoisotopic (exact) mass is 1260 g/mol. The third-order valence-corrected chi connectivity index (χ3v) is 16.7. The molecule has 89 heavy (non-hydrogen) atoms. The first kappa shape index (κ1) is 80.2. The molecule has 12 N–H and O–H groups in total. The molecule has 1 amide bonds. The van der Waals surface area contributed by atoms with Gasteiger partial charge >= 0.3 is 0 Å². The maximum atomic E-state index is 13.4. The van der Waals surface area contributed by atoms with Crippen molar-refractivity contribution in [3.8, 4) is 0 Å². The largest absolute Gasteiger partial charge is 0.394 e. The normalized spacial score (nSPS) is 28.8. The second-order valence-electron chi connectivity index (χ2n) is 24.3. The summed E-state index contributed by atoms with van der Waals surface area (Å²) in [5.74, 6) is -0.250. The minimum atomic E-state index is -1.97. The van der Waals surface area contributed by atoms with Gasteiger partial charge in [-0.25, -0.2) is 0 Å². The van der Waals surface area contributed by atoms with Crippen LogP contribution in [0.4, 0.5) is 0 Å². The summed E-state index contributed by atoms with van der Waals surface area (Å²) in [6.45, 7) is 1.63. The van der Waals surface area contributed by atoms with Crippen molar-refractivity contribution in [3.63, 3.8) is 0 Å². The van der Waals surface area contributed by atoms with Gasteiger partial charge < -0.3 is 89.9 Å². The van der Waals surface area contributed by atoms with Crippen molar-refractivity contribution in [2.75, 3.05) is 26.4 Å². The molecule has 17 unspecified atom stereocenters. The molecule has 3 rings (SSSR count). The molecule has 3 heterocycles. The van der Waals surface area contributed by atoms with Crippen LogP contribution >= 0.6 is 0 Å². The molecule has 0 aliphatic carbocycles. The van der Waals surface area contributed by atoms with Crippen molar-refractivity contribution in [2.45, 2.75) is 324 Å². The number of hydrogen-bond donors (Lipinski definition) is 12. The van der Waals surface area contributed by atoms with Crippen LogP contribution in [-0.2, 0) is 33.2 Å². The molecule has 0 radical (unpaired) electrons. The summed E-state index contributed by atoms with van der Waals surface area (Å²) in [6.07, 6.45) is 38.4. The number of amides is 1. The minimum absolute atomic E-state index is 0.250. The van der Waals surface area contributed by atoms with Gasteiger partial charge in [0.25, 0.3) is 0 Å². The van der Waals surface area contributed by atoms with Crippen molar-refractivity contribution >= 4 is 5.91 Å². The number of allylic oxidation sites excluding steroid dienone is 14. The molecule has 19 nitrogen and oxygen atoms in total. The van der Waals surface area contributed by atoms with Gasteiger partial charge in [0.15, 0.2) is 18.9 Å². The van der Waals surface area contributed by atoms with Gasteiger partial charge in [-0.2, -0.15) is 0 Å². The lowest BCUT2D eigenvalue weighted by Crippen LogP contribution is -2.66. The van der Waals surface area contributed by atoms with E-state index in [0.29, 0.717) is 12.8 Å². The smallest absolute Gasteiger partial charge is 0.220 e. The van der Waals surface area contributed by atoms with Crippen LogP contribution < -0.4 is 5.32 Å². The molecule has 3 aliphatic rings. The Labute approximate surface area is 533 Å². The average molecular weight is 1260 g/mol. The first-order valence-corrected chi connectivity index (χ1v) is 34.3. The lowest BCUT2D eigenvalue weighted by atomic mass is 9.96. The second-order valence-corrected chi connectivity index (χ2v) is 24.3. The lowest BCUT2D eigenvalue weighted by Gasteiger charge is -2.48. The molecule has 3 fully saturated rings. The average Bonchev–Trinajstić information content (AvgIpc) is 1.40. The Kier molecular flexibility index (Phi) is 46.3. The number of ether oxygens (including phenoxy) is 6. The third-order valence-electron chi connectivity index (χ3n) is 16.7. The molecule has 0 aromatic rings. The number of unbranched alkanes of at least 4 members (excludes halogenated alkanes) is 21. The van der Waals surface area contributed by atoms with Crippen molar-refractivity contribution in [1.29, 1.82) is 0 Å². The van der Waals surface area contributed by atoms with Crippen LogP contribution in [0.25, 0.3) is 0 Å². The molecule has 514 valence electrons. The van der Waals surface area contributed by atoms with E-state index >= 15 is 0 Å². The molecule has 3 saturated heterocycles. The SMILES string of the molecule is CC/C=C\C/C=C\C/C=C\C/C=C\C/C=C\C/C=C\C/C=C\CCCCCCCCCCCCCCCC(=O)NC(COC1OC(CO)C(OC2OC(CO)C(OC3OC(CO)C(O)C(O)C3O)C(O)C2O)C(O)C1O)C(O)CCCCCCCCCCC. The van der Waals surface area contributed by atoms with Crippen LogP contribution in [0.2, 0.25) is 0 Å². The molecule has 17 atom stereocenters. The van der Waals surface area contributed by atoms with Crippen molar-refractivity contribution in [2.24, 2.45) is 0 Å². The Morgan fingerprint density at radius 3 is 1.21 bits per heavy atom. The van der Waals surface area contributed by atoms with Crippen molar-refractivity contribution in [3.05, 3.63) is 85.1 Å². The highest BCUT2D eigenvalue weighted by Gasteiger charge is 2.53. The molecule has 0 aromatic heterocycles. The highest BCUT2D eigenvalue weighted by atomic mass is 16.8. The van der Waals surface area contributed by atoms with E-state index in [1.165, 1.54) is 89.9 Å². The number of nitrogens with one attached hydrogen (secondary N) is 1. The Morgan fingerprint density at radius 1 is 0.416 bits per heavy atom. The number of carbonyl (C=O) groups excluding carboxylic acids is 1. The third kappa shape index (κ3) is 33.6. The quantitative estimate of drug-likeness (QED) is 0.0200. The zero-order chi connectivity index (χ0) is 64.7. The first-order valence-electron chi connectivity index (χ1n) is 34.3. The topological polar surface area (TPSA) is 307 Å². The van der Waals surface area contributed by atoms with E-state index in [-0.39, 0.29) is 18.9 Å². The van der Waals surface area contributed by atoms with Crippen LogP contribution in [0.5, 0.6) is 0 Å². The number of aliphatic hydroxyl groups excluding tert-OH is 11. The molecular weight excluding hydrogens is 1140 g/mol. The van der Waals surface area contributed by atoms with Gasteiger partial charge in [-0.05, 0) is 70.6 Å². The maximum absolute atomic E-state index is 13.4. The van der Waals surface area contributed by atoms with Gasteiger partial charge in [0.2, 0.25) is 5.91 Å². The lowest BCUT2D eigenvalue weighted by molar-refractivity contribution is -0.379. The van der Waals surface area contributed by atoms with Crippen LogP contribution in [-0.4, -0.2) is 193 Å². The van der Waals surface area contributed by atoms with Gasteiger partial charge in [0.1, 0.15) is 73.2 Å². The Hall–Kier alpha value is -3.03. The molecule has 0 aromatic carbocycles. The fourth-order valence-electron chi connectivity index (χ4n) is 11.2. The summed E-state index contributed by atoms with van der Waals surface area (Å²) in [5, 5.41) is 120. The minimum Gasteiger partial charge on any atom is -0.394 e. The van der Waals surface area contributed by atoms with E-state index in [1.54, 1.807) is 0 Å². The van der Waals surface area contributed by atoms with Gasteiger partial charge in [-0.3, -0.25) is 4.79 Å². The maximum Gasteiger partial charge on any atom is 0.220 e. The van der Waals surface area contributed by atoms with E-state index in [0.717, 1.165) is 96.3 Å². The molecule has 3 aliphatic heterocycles. The zero-order valence-electron chi connectivity index (χ0n) is 54.1. The summed E-state index contributed by atoms with van der Waals surface area (Å²) in [4.78, 5) is 13.4. The molecule has 0 spiro atoms. The summed E-state index contributed by atoms with van der Waals surface area (Å²) >= 11 is 0. The highest BCUT2D eigenvalue weighted by Crippen LogP contribution is 2.33. The standard InChI is InChI=1S/C70H121NO18/c1-3-5-7-9-11-13-14-15-16-17-18-19-20-21-22-23-24-25-26-27-28-29-30-31-32-33-34-35-36-37-38-40-42-44-46-48-58(76)71-53(54(75)47-45-43-41-39-12-10-8-6-4-2)52-84-68-64(82)61(79)66(56(50-73)86-68)89-70-65(83)62(80)67(57(51-74)87-70)88-69-63(81)60(78)59(77)55(49-72)85-69/h5,7,11,13,15-16,18-19,21-22,24-25,27-28,53-57,59-70,72-75,77-83H,3-4,6,8-10,12,14,17,20,23,26,29-52H2,1-2H3,(H,71,76)/b7-5-,13-11-,16-15-,19-18-,22-21-,25-24-,28-27-.